The summed E-state index contributed by atoms with van der Waals surface area (Å²) in [6, 6.07) is 7.58. The first-order valence-corrected chi connectivity index (χ1v) is 16.4. The summed E-state index contributed by atoms with van der Waals surface area (Å²) in [5.41, 5.74) is -0.262. The van der Waals surface area contributed by atoms with Crippen molar-refractivity contribution < 1.29 is 43.0 Å². The predicted molar refractivity (Wildman–Crippen MR) is 166 cm³/mol. The number of nitrogens with one attached hydrogen (secondary N) is 1. The topological polar surface area (TPSA) is 142 Å². The third-order valence-electron chi connectivity index (χ3n) is 11.6. The molecule has 10 nitrogen and oxygen atoms in total. The molecule has 0 aromatic heterocycles. The Kier molecular flexibility index (Phi) is 9.57. The van der Waals surface area contributed by atoms with Crippen molar-refractivity contribution in [3.8, 4) is 0 Å². The average Bonchev–Trinajstić information content (AvgIpc) is 3.34. The van der Waals surface area contributed by atoms with Crippen molar-refractivity contribution in [2.24, 2.45) is 28.6 Å². The highest BCUT2D eigenvalue weighted by molar-refractivity contribution is 5.94. The Balaban J connectivity index is 1.23. The highest BCUT2D eigenvalue weighted by Crippen LogP contribution is 2.68. The lowest BCUT2D eigenvalue weighted by Gasteiger charge is -2.59. The van der Waals surface area contributed by atoms with Crippen molar-refractivity contribution in [1.29, 1.82) is 0 Å². The van der Waals surface area contributed by atoms with Crippen LogP contribution in [0.15, 0.2) is 42.0 Å². The molecule has 3 fully saturated rings. The summed E-state index contributed by atoms with van der Waals surface area (Å²) in [5, 5.41) is 2.59. The van der Waals surface area contributed by atoms with E-state index in [9.17, 15) is 28.8 Å². The zero-order valence-electron chi connectivity index (χ0n) is 27.2. The number of ether oxygens (including phenoxy) is 3. The number of benzene rings is 1. The van der Waals surface area contributed by atoms with Gasteiger partial charge in [0, 0.05) is 25.2 Å². The number of Topliss-reactive ketones (excluding diaryl/α,β-unsaturated/α-hetero) is 1. The molecule has 1 aromatic rings. The first-order chi connectivity index (χ1) is 21.8. The molecule has 5 rings (SSSR count). The molecule has 0 heterocycles. The molecule has 1 amide bonds. The Hall–Kier alpha value is -3.82. The maximum atomic E-state index is 14.0. The normalized spacial score (nSPS) is 32.0. The van der Waals surface area contributed by atoms with Crippen LogP contribution in [0.3, 0.4) is 0 Å². The third-order valence-corrected chi connectivity index (χ3v) is 11.6. The fourth-order valence-corrected chi connectivity index (χ4v) is 9.31. The standard InChI is InChI=1S/C36H45NO9/c1-22(38)46-36(19-16-28-26-11-10-24-20-25(39)14-17-34(24,2)27(26)15-18-35(28,36)3)29(40)21-45-31(42)13-12-30(41)37-32(33(43)44-4)23-8-6-5-7-9-23/h5-9,20,26-28,32H,10-19,21H2,1-4H3,(H,37,41)/t26-,27-,28-,32+,34+,35+,36-/m1/s1. The van der Waals surface area contributed by atoms with Gasteiger partial charge in [-0.1, -0.05) is 49.8 Å². The van der Waals surface area contributed by atoms with Gasteiger partial charge >= 0.3 is 17.9 Å². The summed E-state index contributed by atoms with van der Waals surface area (Å²) in [5.74, 6) is -1.84. The van der Waals surface area contributed by atoms with Gasteiger partial charge in [0.05, 0.1) is 13.5 Å². The van der Waals surface area contributed by atoms with Gasteiger partial charge in [0.15, 0.2) is 24.0 Å². The van der Waals surface area contributed by atoms with Crippen LogP contribution < -0.4 is 5.32 Å². The molecular weight excluding hydrogens is 590 g/mol. The van der Waals surface area contributed by atoms with Crippen molar-refractivity contribution >= 4 is 35.4 Å². The highest BCUT2D eigenvalue weighted by atomic mass is 16.6. The van der Waals surface area contributed by atoms with E-state index in [1.807, 2.05) is 6.08 Å². The predicted octanol–water partition coefficient (Wildman–Crippen LogP) is 4.74. The van der Waals surface area contributed by atoms with E-state index in [-0.39, 0.29) is 30.0 Å². The second-order valence-corrected chi connectivity index (χ2v) is 13.9. The van der Waals surface area contributed by atoms with Crippen LogP contribution in [0.25, 0.3) is 0 Å². The molecule has 7 atom stereocenters. The van der Waals surface area contributed by atoms with Crippen molar-refractivity contribution in [2.45, 2.75) is 96.6 Å². The Morgan fingerprint density at radius 2 is 1.65 bits per heavy atom. The number of carbonyl (C=O) groups excluding carboxylic acids is 6. The highest BCUT2D eigenvalue weighted by Gasteiger charge is 2.68. The summed E-state index contributed by atoms with van der Waals surface area (Å²) >= 11 is 0. The van der Waals surface area contributed by atoms with E-state index < -0.39 is 53.3 Å². The van der Waals surface area contributed by atoms with Crippen LogP contribution in [-0.2, 0) is 43.0 Å². The summed E-state index contributed by atoms with van der Waals surface area (Å²) in [4.78, 5) is 76.2. The lowest BCUT2D eigenvalue weighted by molar-refractivity contribution is -0.191. The SMILES string of the molecule is COC(=O)[C@@H](NC(=O)CCC(=O)OCC(=O)[C@]1(OC(C)=O)CC[C@@H]2[C@@H]3CCC4=CC(=O)CC[C@]4(C)[C@@H]3CC[C@@]21C)c1ccccc1. The van der Waals surface area contributed by atoms with Gasteiger partial charge in [-0.15, -0.1) is 0 Å². The summed E-state index contributed by atoms with van der Waals surface area (Å²) in [6.45, 7) is 5.08. The first-order valence-electron chi connectivity index (χ1n) is 16.4. The number of carbonyl (C=O) groups is 6. The van der Waals surface area contributed by atoms with E-state index in [0.29, 0.717) is 36.7 Å². The average molecular weight is 636 g/mol. The molecule has 4 aliphatic rings. The van der Waals surface area contributed by atoms with Crippen LogP contribution >= 0.6 is 0 Å². The molecule has 1 aromatic carbocycles. The molecule has 0 bridgehead atoms. The maximum Gasteiger partial charge on any atom is 0.333 e. The summed E-state index contributed by atoms with van der Waals surface area (Å²) in [6.07, 6.45) is 7.15. The molecule has 0 saturated heterocycles. The second-order valence-electron chi connectivity index (χ2n) is 13.9. The van der Waals surface area contributed by atoms with Crippen LogP contribution in [0.5, 0.6) is 0 Å². The van der Waals surface area contributed by atoms with Gasteiger partial charge in [-0.3, -0.25) is 24.0 Å². The Labute approximate surface area is 270 Å². The number of fused-ring (bicyclic) bond motifs is 5. The molecule has 10 heteroatoms. The van der Waals surface area contributed by atoms with E-state index in [2.05, 4.69) is 19.2 Å². The number of amides is 1. The molecule has 0 radical (unpaired) electrons. The molecule has 0 aliphatic heterocycles. The van der Waals surface area contributed by atoms with Gasteiger partial charge in [-0.25, -0.2) is 4.79 Å². The number of rotatable bonds is 10. The number of ketones is 2. The van der Waals surface area contributed by atoms with E-state index in [0.717, 1.165) is 32.1 Å². The molecule has 1 N–H and O–H groups in total. The molecule has 46 heavy (non-hydrogen) atoms. The van der Waals surface area contributed by atoms with Crippen molar-refractivity contribution in [3.05, 3.63) is 47.5 Å². The summed E-state index contributed by atoms with van der Waals surface area (Å²) in [7, 11) is 1.22. The zero-order chi connectivity index (χ0) is 33.3. The Morgan fingerprint density at radius 3 is 2.35 bits per heavy atom. The lowest BCUT2D eigenvalue weighted by Crippen LogP contribution is -2.59. The van der Waals surface area contributed by atoms with Gasteiger partial charge in [-0.05, 0) is 79.8 Å². The summed E-state index contributed by atoms with van der Waals surface area (Å²) < 4.78 is 16.2. The van der Waals surface area contributed by atoms with Crippen molar-refractivity contribution in [1.82, 2.24) is 5.32 Å². The van der Waals surface area contributed by atoms with Gasteiger partial charge < -0.3 is 19.5 Å². The second kappa shape index (κ2) is 13.1. The van der Waals surface area contributed by atoms with Gasteiger partial charge in [0.1, 0.15) is 0 Å². The number of esters is 3. The Bertz CT molecular complexity index is 1440. The first kappa shape index (κ1) is 33.5. The molecule has 248 valence electrons. The smallest absolute Gasteiger partial charge is 0.333 e. The van der Waals surface area contributed by atoms with Crippen LogP contribution in [0.2, 0.25) is 0 Å². The lowest BCUT2D eigenvalue weighted by atomic mass is 9.46. The van der Waals surface area contributed by atoms with E-state index in [1.165, 1.54) is 19.6 Å². The van der Waals surface area contributed by atoms with Gasteiger partial charge in [0.2, 0.25) is 11.7 Å². The van der Waals surface area contributed by atoms with Crippen molar-refractivity contribution in [3.63, 3.8) is 0 Å². The van der Waals surface area contributed by atoms with Crippen LogP contribution in [0.1, 0.15) is 96.6 Å². The van der Waals surface area contributed by atoms with E-state index >= 15 is 0 Å². The number of hydrogen-bond acceptors (Lipinski definition) is 9. The monoisotopic (exact) mass is 635 g/mol. The van der Waals surface area contributed by atoms with Crippen LogP contribution in [0.4, 0.5) is 0 Å². The minimum atomic E-state index is -1.41. The van der Waals surface area contributed by atoms with Gasteiger partial charge in [-0.2, -0.15) is 0 Å². The molecule has 0 unspecified atom stereocenters. The molecular formula is C36H45NO9. The molecule has 3 saturated carbocycles. The Morgan fingerprint density at radius 1 is 0.935 bits per heavy atom. The van der Waals surface area contributed by atoms with E-state index in [4.69, 9.17) is 14.2 Å². The minimum Gasteiger partial charge on any atom is -0.467 e. The largest absolute Gasteiger partial charge is 0.467 e. The molecule has 0 spiro atoms. The fourth-order valence-electron chi connectivity index (χ4n) is 9.31. The third kappa shape index (κ3) is 6.02. The van der Waals surface area contributed by atoms with Gasteiger partial charge in [0.25, 0.3) is 0 Å². The van der Waals surface area contributed by atoms with Crippen LogP contribution in [0, 0.1) is 28.6 Å². The molecule has 4 aliphatic carbocycles. The van der Waals surface area contributed by atoms with Crippen LogP contribution in [-0.4, -0.2) is 54.7 Å². The number of methoxy groups -OCH3 is 1. The zero-order valence-corrected chi connectivity index (χ0v) is 27.2. The number of hydrogen-bond donors (Lipinski definition) is 1. The van der Waals surface area contributed by atoms with E-state index in [1.54, 1.807) is 30.3 Å². The minimum absolute atomic E-state index is 0.0331. The fraction of sp³-hybridized carbons (Fsp3) is 0.611. The maximum absolute atomic E-state index is 14.0. The number of allylic oxidation sites excluding steroid dienone is 1. The van der Waals surface area contributed by atoms with Crippen molar-refractivity contribution in [2.75, 3.05) is 13.7 Å². The quantitative estimate of drug-likeness (QED) is 0.285.